The number of hydrogen-bond acceptors (Lipinski definition) is 2. The standard InChI is InChI=1S/C15H15F3N2/c16-15(17,18)12-5-3-4-11(10-12)13(7-8-19)14-6-1-2-9-20-14/h1-6,9-10,13H,7-8,19H2. The van der Waals surface area contributed by atoms with Gasteiger partial charge in [-0.2, -0.15) is 13.2 Å². The Morgan fingerprint density at radius 3 is 2.50 bits per heavy atom. The maximum absolute atomic E-state index is 12.8. The zero-order valence-electron chi connectivity index (χ0n) is 10.8. The molecule has 5 heteroatoms. The van der Waals surface area contributed by atoms with Crippen LogP contribution in [0.1, 0.15) is 29.2 Å². The highest BCUT2D eigenvalue weighted by atomic mass is 19.4. The van der Waals surface area contributed by atoms with Crippen molar-refractivity contribution in [2.24, 2.45) is 5.73 Å². The molecule has 2 rings (SSSR count). The lowest BCUT2D eigenvalue weighted by atomic mass is 9.91. The molecule has 1 aromatic carbocycles. The summed E-state index contributed by atoms with van der Waals surface area (Å²) >= 11 is 0. The van der Waals surface area contributed by atoms with Gasteiger partial charge in [-0.25, -0.2) is 0 Å². The molecule has 0 aliphatic rings. The van der Waals surface area contributed by atoms with Crippen LogP contribution in [0.4, 0.5) is 13.2 Å². The highest BCUT2D eigenvalue weighted by Crippen LogP contribution is 2.33. The van der Waals surface area contributed by atoms with E-state index in [1.54, 1.807) is 24.4 Å². The highest BCUT2D eigenvalue weighted by molar-refractivity contribution is 5.33. The molecule has 1 unspecified atom stereocenters. The fourth-order valence-corrected chi connectivity index (χ4v) is 2.17. The van der Waals surface area contributed by atoms with E-state index >= 15 is 0 Å². The number of alkyl halides is 3. The molecule has 1 heterocycles. The van der Waals surface area contributed by atoms with Crippen LogP contribution in [0.15, 0.2) is 48.7 Å². The SMILES string of the molecule is NCCC(c1cccc(C(F)(F)F)c1)c1ccccn1. The molecule has 0 aliphatic carbocycles. The van der Waals surface area contributed by atoms with Crippen LogP contribution >= 0.6 is 0 Å². The number of benzene rings is 1. The van der Waals surface area contributed by atoms with Gasteiger partial charge in [0.2, 0.25) is 0 Å². The highest BCUT2D eigenvalue weighted by Gasteiger charge is 2.31. The lowest BCUT2D eigenvalue weighted by Crippen LogP contribution is -2.12. The molecule has 0 saturated heterocycles. The van der Waals surface area contributed by atoms with Gasteiger partial charge in [0.1, 0.15) is 0 Å². The number of nitrogens with zero attached hydrogens (tertiary/aromatic N) is 1. The minimum atomic E-state index is -4.34. The summed E-state index contributed by atoms with van der Waals surface area (Å²) in [6.45, 7) is 0.386. The van der Waals surface area contributed by atoms with Crippen LogP contribution < -0.4 is 5.73 Å². The summed E-state index contributed by atoms with van der Waals surface area (Å²) in [5.74, 6) is -0.219. The Labute approximate surface area is 115 Å². The summed E-state index contributed by atoms with van der Waals surface area (Å²) in [7, 11) is 0. The van der Waals surface area contributed by atoms with Crippen molar-refractivity contribution in [3.8, 4) is 0 Å². The molecule has 0 saturated carbocycles. The van der Waals surface area contributed by atoms with Gasteiger partial charge in [0.05, 0.1) is 5.56 Å². The van der Waals surface area contributed by atoms with Crippen LogP contribution in [0.2, 0.25) is 0 Å². The molecule has 0 bridgehead atoms. The van der Waals surface area contributed by atoms with E-state index in [-0.39, 0.29) is 5.92 Å². The van der Waals surface area contributed by atoms with Crippen LogP contribution in [0.3, 0.4) is 0 Å². The van der Waals surface area contributed by atoms with Crippen LogP contribution in [0, 0.1) is 0 Å². The molecule has 0 spiro atoms. The van der Waals surface area contributed by atoms with Crippen LogP contribution in [0.25, 0.3) is 0 Å². The molecule has 1 atom stereocenters. The fourth-order valence-electron chi connectivity index (χ4n) is 2.17. The topological polar surface area (TPSA) is 38.9 Å². The number of nitrogens with two attached hydrogens (primary N) is 1. The molecular weight excluding hydrogens is 265 g/mol. The molecule has 2 aromatic rings. The zero-order valence-corrected chi connectivity index (χ0v) is 10.8. The van der Waals surface area contributed by atoms with Gasteiger partial charge in [0, 0.05) is 17.8 Å². The van der Waals surface area contributed by atoms with Gasteiger partial charge in [0.25, 0.3) is 0 Å². The average molecular weight is 280 g/mol. The number of rotatable bonds is 4. The minimum absolute atomic E-state index is 0.219. The maximum Gasteiger partial charge on any atom is 0.416 e. The fraction of sp³-hybridized carbons (Fsp3) is 0.267. The Hall–Kier alpha value is -1.88. The summed E-state index contributed by atoms with van der Waals surface area (Å²) in [4.78, 5) is 4.23. The Bertz CT molecular complexity index is 553. The van der Waals surface area contributed by atoms with Crippen LogP contribution in [0.5, 0.6) is 0 Å². The van der Waals surface area contributed by atoms with Crippen molar-refractivity contribution >= 4 is 0 Å². The Balaban J connectivity index is 2.40. The van der Waals surface area contributed by atoms with Crippen molar-refractivity contribution in [3.05, 3.63) is 65.5 Å². The molecule has 2 nitrogen and oxygen atoms in total. The molecule has 20 heavy (non-hydrogen) atoms. The van der Waals surface area contributed by atoms with Crippen molar-refractivity contribution in [3.63, 3.8) is 0 Å². The number of aromatic nitrogens is 1. The number of pyridine rings is 1. The molecule has 106 valence electrons. The monoisotopic (exact) mass is 280 g/mol. The van der Waals surface area contributed by atoms with E-state index in [0.717, 1.165) is 11.8 Å². The molecule has 0 amide bonds. The van der Waals surface area contributed by atoms with Crippen LogP contribution in [-0.4, -0.2) is 11.5 Å². The summed E-state index contributed by atoms with van der Waals surface area (Å²) in [5, 5.41) is 0. The quantitative estimate of drug-likeness (QED) is 0.929. The average Bonchev–Trinajstić information content (AvgIpc) is 2.45. The van der Waals surface area contributed by atoms with Gasteiger partial charge in [-0.3, -0.25) is 4.98 Å². The molecule has 0 radical (unpaired) electrons. The second kappa shape index (κ2) is 6.05. The first-order chi connectivity index (χ1) is 9.52. The second-order valence-corrected chi connectivity index (χ2v) is 4.51. The van der Waals surface area contributed by atoms with E-state index in [1.165, 1.54) is 12.1 Å². The number of halogens is 3. The summed E-state index contributed by atoms with van der Waals surface area (Å²) in [6.07, 6.45) is -2.15. The van der Waals surface area contributed by atoms with Crippen LogP contribution in [-0.2, 0) is 6.18 Å². The maximum atomic E-state index is 12.8. The Kier molecular flexibility index (Phi) is 4.39. The first-order valence-electron chi connectivity index (χ1n) is 6.30. The minimum Gasteiger partial charge on any atom is -0.330 e. The van der Waals surface area contributed by atoms with Crippen molar-refractivity contribution in [2.45, 2.75) is 18.5 Å². The van der Waals surface area contributed by atoms with E-state index in [0.29, 0.717) is 18.5 Å². The van der Waals surface area contributed by atoms with Crippen molar-refractivity contribution < 1.29 is 13.2 Å². The third-order valence-corrected chi connectivity index (χ3v) is 3.12. The van der Waals surface area contributed by atoms with E-state index in [4.69, 9.17) is 5.73 Å². The van der Waals surface area contributed by atoms with E-state index in [2.05, 4.69) is 4.98 Å². The van der Waals surface area contributed by atoms with Gasteiger partial charge < -0.3 is 5.73 Å². The zero-order chi connectivity index (χ0) is 14.6. The molecular formula is C15H15F3N2. The summed E-state index contributed by atoms with van der Waals surface area (Å²) in [6, 6.07) is 10.8. The lowest BCUT2D eigenvalue weighted by molar-refractivity contribution is -0.137. The predicted octanol–water partition coefficient (Wildman–Crippen LogP) is 3.58. The smallest absolute Gasteiger partial charge is 0.330 e. The summed E-state index contributed by atoms with van der Waals surface area (Å²) < 4.78 is 38.3. The van der Waals surface area contributed by atoms with Gasteiger partial charge in [-0.05, 0) is 36.7 Å². The molecule has 2 N–H and O–H groups in total. The molecule has 1 aromatic heterocycles. The van der Waals surface area contributed by atoms with Gasteiger partial charge >= 0.3 is 6.18 Å². The van der Waals surface area contributed by atoms with Gasteiger partial charge in [-0.1, -0.05) is 24.3 Å². The summed E-state index contributed by atoms with van der Waals surface area (Å²) in [5.41, 5.74) is 6.25. The van der Waals surface area contributed by atoms with Crippen molar-refractivity contribution in [1.29, 1.82) is 0 Å². The predicted molar refractivity (Wildman–Crippen MR) is 71.2 cm³/mol. The first-order valence-corrected chi connectivity index (χ1v) is 6.30. The van der Waals surface area contributed by atoms with Gasteiger partial charge in [0.15, 0.2) is 0 Å². The lowest BCUT2D eigenvalue weighted by Gasteiger charge is -2.17. The van der Waals surface area contributed by atoms with Crippen molar-refractivity contribution in [2.75, 3.05) is 6.54 Å². The molecule has 0 fully saturated rings. The number of hydrogen-bond donors (Lipinski definition) is 1. The largest absolute Gasteiger partial charge is 0.416 e. The van der Waals surface area contributed by atoms with E-state index < -0.39 is 11.7 Å². The van der Waals surface area contributed by atoms with Crippen molar-refractivity contribution in [1.82, 2.24) is 4.98 Å². The second-order valence-electron chi connectivity index (χ2n) is 4.51. The third kappa shape index (κ3) is 3.36. The van der Waals surface area contributed by atoms with E-state index in [1.807, 2.05) is 6.07 Å². The van der Waals surface area contributed by atoms with Gasteiger partial charge in [-0.15, -0.1) is 0 Å². The molecule has 0 aliphatic heterocycles. The Morgan fingerprint density at radius 2 is 1.90 bits per heavy atom. The first kappa shape index (κ1) is 14.5. The van der Waals surface area contributed by atoms with E-state index in [9.17, 15) is 13.2 Å². The third-order valence-electron chi connectivity index (χ3n) is 3.12. The Morgan fingerprint density at radius 1 is 1.10 bits per heavy atom. The normalized spacial score (nSPS) is 13.2.